The molecule has 0 atom stereocenters. The predicted molar refractivity (Wildman–Crippen MR) is 87.9 cm³/mol. The molecule has 0 spiro atoms. The van der Waals surface area contributed by atoms with Gasteiger partial charge in [-0.05, 0) is 24.0 Å². The first-order chi connectivity index (χ1) is 8.77. The van der Waals surface area contributed by atoms with Crippen molar-refractivity contribution >= 4 is 5.91 Å². The third kappa shape index (κ3) is 5.36. The van der Waals surface area contributed by atoms with Crippen LogP contribution >= 0.6 is 0 Å². The molecule has 1 fully saturated rings. The zero-order valence-corrected chi connectivity index (χ0v) is 11.0. The summed E-state index contributed by atoms with van der Waals surface area (Å²) in [4.78, 5) is 11.4. The van der Waals surface area contributed by atoms with E-state index >= 15 is 0 Å². The highest BCUT2D eigenvalue weighted by Crippen LogP contribution is 2.26. The molecule has 114 valence electrons. The summed E-state index contributed by atoms with van der Waals surface area (Å²) in [5.74, 6) is 0.433. The Morgan fingerprint density at radius 1 is 1.00 bits per heavy atom. The number of nitrogens with two attached hydrogens (primary N) is 1. The molecule has 2 heteroatoms. The van der Waals surface area contributed by atoms with E-state index in [9.17, 15) is 4.79 Å². The molecule has 2 N–H and O–H groups in total. The van der Waals surface area contributed by atoms with Crippen LogP contribution in [0.2, 0.25) is 0 Å². The Morgan fingerprint density at radius 3 is 2.15 bits per heavy atom. The van der Waals surface area contributed by atoms with Crippen molar-refractivity contribution in [2.24, 2.45) is 11.7 Å². The van der Waals surface area contributed by atoms with Gasteiger partial charge >= 0.3 is 0 Å². The monoisotopic (exact) mass is 277 g/mol. The summed E-state index contributed by atoms with van der Waals surface area (Å²) in [6, 6.07) is 7.80. The molecule has 1 aliphatic rings. The first-order valence-electron chi connectivity index (χ1n) is 7.15. The van der Waals surface area contributed by atoms with Crippen molar-refractivity contribution in [2.45, 2.75) is 66.2 Å². The molecule has 0 aromatic heterocycles. The molecule has 2 rings (SSSR count). The van der Waals surface area contributed by atoms with Crippen LogP contribution in [0.1, 0.15) is 75.7 Å². The van der Waals surface area contributed by atoms with Gasteiger partial charge in [0.15, 0.2) is 0 Å². The molecule has 1 aromatic rings. The van der Waals surface area contributed by atoms with Gasteiger partial charge in [0.25, 0.3) is 0 Å². The van der Waals surface area contributed by atoms with Gasteiger partial charge in [0.2, 0.25) is 5.91 Å². The number of hydrogen-bond acceptors (Lipinski definition) is 1. The van der Waals surface area contributed by atoms with Crippen LogP contribution in [0.4, 0.5) is 0 Å². The molecule has 0 radical (unpaired) electrons. The quantitative estimate of drug-likeness (QED) is 0.833. The maximum atomic E-state index is 11.4. The lowest BCUT2D eigenvalue weighted by Gasteiger charge is -2.20. The molecule has 0 saturated heterocycles. The molecular formula is C18H31NO. The molecule has 1 amide bonds. The fourth-order valence-electron chi connectivity index (χ4n) is 2.99. The first kappa shape index (κ1) is 18.7. The van der Waals surface area contributed by atoms with Crippen LogP contribution in [0.3, 0.4) is 0 Å². The second-order valence-corrected chi connectivity index (χ2v) is 5.44. The summed E-state index contributed by atoms with van der Waals surface area (Å²) < 4.78 is 0. The van der Waals surface area contributed by atoms with Gasteiger partial charge in [0, 0.05) is 5.56 Å². The second-order valence-electron chi connectivity index (χ2n) is 5.44. The molecule has 0 bridgehead atoms. The van der Waals surface area contributed by atoms with Gasteiger partial charge in [-0.3, -0.25) is 4.79 Å². The number of hydrogen-bond donors (Lipinski definition) is 1. The van der Waals surface area contributed by atoms with E-state index in [1.807, 2.05) is 18.2 Å². The summed E-state index contributed by atoms with van der Waals surface area (Å²) in [6.45, 7) is 0. The van der Waals surface area contributed by atoms with Crippen LogP contribution in [0, 0.1) is 5.92 Å². The Morgan fingerprint density at radius 2 is 1.55 bits per heavy atom. The Labute approximate surface area is 124 Å². The fraction of sp³-hybridized carbons (Fsp3) is 0.611. The van der Waals surface area contributed by atoms with E-state index in [1.54, 1.807) is 0 Å². The summed E-state index contributed by atoms with van der Waals surface area (Å²) in [5, 5.41) is 0. The summed E-state index contributed by atoms with van der Waals surface area (Å²) >= 11 is 0. The van der Waals surface area contributed by atoms with E-state index in [-0.39, 0.29) is 20.8 Å². The minimum Gasteiger partial charge on any atom is -0.366 e. The zero-order valence-electron chi connectivity index (χ0n) is 11.0. The Hall–Kier alpha value is -1.31. The van der Waals surface area contributed by atoms with E-state index in [4.69, 9.17) is 5.73 Å². The van der Waals surface area contributed by atoms with E-state index in [0.29, 0.717) is 5.56 Å². The van der Waals surface area contributed by atoms with Gasteiger partial charge in [-0.2, -0.15) is 0 Å². The van der Waals surface area contributed by atoms with Crippen LogP contribution in [-0.2, 0) is 6.42 Å². The highest BCUT2D eigenvalue weighted by Gasteiger charge is 2.15. The second kappa shape index (κ2) is 9.57. The molecule has 1 saturated carbocycles. The van der Waals surface area contributed by atoms with Crippen molar-refractivity contribution in [3.05, 3.63) is 35.4 Å². The molecule has 1 aromatic carbocycles. The summed E-state index contributed by atoms with van der Waals surface area (Å²) in [5.41, 5.74) is 7.28. The number of carbonyl (C=O) groups excluding carboxylic acids is 1. The molecule has 1 aliphatic carbocycles. The SMILES string of the molecule is C.C.NC(=O)c1ccccc1CC1CCCCCCC1. The number of benzene rings is 1. The molecule has 0 unspecified atom stereocenters. The third-order valence-corrected chi connectivity index (χ3v) is 4.02. The lowest BCUT2D eigenvalue weighted by molar-refractivity contribution is 0.0999. The average Bonchev–Trinajstić information content (AvgIpc) is 2.33. The van der Waals surface area contributed by atoms with Crippen LogP contribution < -0.4 is 5.73 Å². The van der Waals surface area contributed by atoms with Gasteiger partial charge in [-0.1, -0.05) is 78.0 Å². The van der Waals surface area contributed by atoms with Crippen molar-refractivity contribution in [1.82, 2.24) is 0 Å². The van der Waals surface area contributed by atoms with Crippen molar-refractivity contribution in [3.8, 4) is 0 Å². The highest BCUT2D eigenvalue weighted by atomic mass is 16.1. The number of primary amides is 1. The molecule has 2 nitrogen and oxygen atoms in total. The zero-order chi connectivity index (χ0) is 12.8. The van der Waals surface area contributed by atoms with Gasteiger partial charge in [0.1, 0.15) is 0 Å². The van der Waals surface area contributed by atoms with E-state index < -0.39 is 0 Å². The highest BCUT2D eigenvalue weighted by molar-refractivity contribution is 5.94. The third-order valence-electron chi connectivity index (χ3n) is 4.02. The summed E-state index contributed by atoms with van der Waals surface area (Å²) in [6.07, 6.45) is 10.4. The molecule has 0 heterocycles. The van der Waals surface area contributed by atoms with Gasteiger partial charge in [-0.25, -0.2) is 0 Å². The van der Waals surface area contributed by atoms with Crippen LogP contribution in [0.5, 0.6) is 0 Å². The van der Waals surface area contributed by atoms with E-state index in [0.717, 1.165) is 17.9 Å². The molecular weight excluding hydrogens is 246 g/mol. The van der Waals surface area contributed by atoms with Gasteiger partial charge < -0.3 is 5.73 Å². The van der Waals surface area contributed by atoms with Crippen LogP contribution in [0.25, 0.3) is 0 Å². The standard InChI is InChI=1S/C16H23NO.2CH4/c17-16(18)15-11-7-6-10-14(15)12-13-8-4-2-1-3-5-9-13;;/h6-7,10-11,13H,1-5,8-9,12H2,(H2,17,18);2*1H4. The first-order valence-corrected chi connectivity index (χ1v) is 7.15. The number of rotatable bonds is 3. The van der Waals surface area contributed by atoms with Crippen molar-refractivity contribution in [2.75, 3.05) is 0 Å². The van der Waals surface area contributed by atoms with E-state index in [1.165, 1.54) is 44.9 Å². The Bertz CT molecular complexity index is 392. The van der Waals surface area contributed by atoms with Crippen molar-refractivity contribution in [3.63, 3.8) is 0 Å². The van der Waals surface area contributed by atoms with E-state index in [2.05, 4.69) is 6.07 Å². The molecule has 0 aliphatic heterocycles. The topological polar surface area (TPSA) is 43.1 Å². The van der Waals surface area contributed by atoms with Crippen LogP contribution in [0.15, 0.2) is 24.3 Å². The smallest absolute Gasteiger partial charge is 0.248 e. The predicted octanol–water partition coefficient (Wildman–Crippen LogP) is 4.96. The van der Waals surface area contributed by atoms with Crippen molar-refractivity contribution in [1.29, 1.82) is 0 Å². The normalized spacial score (nSPS) is 16.2. The number of amides is 1. The summed E-state index contributed by atoms with van der Waals surface area (Å²) in [7, 11) is 0. The molecule has 20 heavy (non-hydrogen) atoms. The van der Waals surface area contributed by atoms with Gasteiger partial charge in [-0.15, -0.1) is 0 Å². The largest absolute Gasteiger partial charge is 0.366 e. The minimum absolute atomic E-state index is 0. The van der Waals surface area contributed by atoms with Crippen LogP contribution in [-0.4, -0.2) is 5.91 Å². The maximum Gasteiger partial charge on any atom is 0.248 e. The lowest BCUT2D eigenvalue weighted by Crippen LogP contribution is -2.16. The van der Waals surface area contributed by atoms with Crippen molar-refractivity contribution < 1.29 is 4.79 Å². The lowest BCUT2D eigenvalue weighted by atomic mass is 9.85. The average molecular weight is 277 g/mol. The van der Waals surface area contributed by atoms with Gasteiger partial charge in [0.05, 0.1) is 0 Å². The maximum absolute atomic E-state index is 11.4. The minimum atomic E-state index is -0.295. The fourth-order valence-corrected chi connectivity index (χ4v) is 2.99. The Balaban J connectivity index is 0.00000180. The number of carbonyl (C=O) groups is 1. The Kier molecular flexibility index (Phi) is 8.94.